The van der Waals surface area contributed by atoms with Crippen molar-refractivity contribution in [3.05, 3.63) is 35.4 Å². The summed E-state index contributed by atoms with van der Waals surface area (Å²) in [4.78, 5) is 24.5. The van der Waals surface area contributed by atoms with Crippen LogP contribution in [0, 0.1) is 6.92 Å². The third kappa shape index (κ3) is 2.36. The lowest BCUT2D eigenvalue weighted by molar-refractivity contribution is -0.141. The van der Waals surface area contributed by atoms with E-state index in [9.17, 15) is 14.7 Å². The average Bonchev–Trinajstić information content (AvgIpc) is 2.70. The van der Waals surface area contributed by atoms with Gasteiger partial charge in [-0.15, -0.1) is 0 Å². The van der Waals surface area contributed by atoms with Crippen molar-refractivity contribution in [2.24, 2.45) is 0 Å². The quantitative estimate of drug-likeness (QED) is 0.807. The van der Waals surface area contributed by atoms with Crippen molar-refractivity contribution in [2.75, 3.05) is 6.54 Å². The van der Waals surface area contributed by atoms with E-state index in [4.69, 9.17) is 5.11 Å². The van der Waals surface area contributed by atoms with Gasteiger partial charge in [-0.25, -0.2) is 4.79 Å². The number of rotatable bonds is 2. The number of benzene rings is 1. The second-order valence-corrected chi connectivity index (χ2v) is 4.57. The molecule has 0 aromatic heterocycles. The number of carboxylic acids is 1. The summed E-state index contributed by atoms with van der Waals surface area (Å²) in [7, 11) is 0. The molecule has 1 aliphatic rings. The number of carbonyl (C=O) groups excluding carboxylic acids is 1. The van der Waals surface area contributed by atoms with Gasteiger partial charge >= 0.3 is 5.97 Å². The summed E-state index contributed by atoms with van der Waals surface area (Å²) < 4.78 is 0. The number of likely N-dealkylation sites (tertiary alicyclic amines) is 1. The monoisotopic (exact) mass is 249 g/mol. The number of hydrogen-bond acceptors (Lipinski definition) is 3. The highest BCUT2D eigenvalue weighted by atomic mass is 16.4. The molecule has 0 saturated carbocycles. The Morgan fingerprint density at radius 2 is 2.11 bits per heavy atom. The van der Waals surface area contributed by atoms with Crippen LogP contribution in [0.2, 0.25) is 0 Å². The third-order valence-corrected chi connectivity index (χ3v) is 3.09. The molecule has 1 fully saturated rings. The van der Waals surface area contributed by atoms with Crippen molar-refractivity contribution < 1.29 is 19.8 Å². The average molecular weight is 249 g/mol. The third-order valence-electron chi connectivity index (χ3n) is 3.09. The normalized spacial score (nSPS) is 23.1. The van der Waals surface area contributed by atoms with Crippen molar-refractivity contribution in [1.82, 2.24) is 4.90 Å². The van der Waals surface area contributed by atoms with E-state index in [2.05, 4.69) is 0 Å². The van der Waals surface area contributed by atoms with Gasteiger partial charge in [-0.1, -0.05) is 17.7 Å². The molecule has 0 bridgehead atoms. The summed E-state index contributed by atoms with van der Waals surface area (Å²) in [5.41, 5.74) is 1.39. The maximum Gasteiger partial charge on any atom is 0.326 e. The largest absolute Gasteiger partial charge is 0.480 e. The minimum atomic E-state index is -1.08. The van der Waals surface area contributed by atoms with Gasteiger partial charge in [-0.2, -0.15) is 0 Å². The highest BCUT2D eigenvalue weighted by Crippen LogP contribution is 2.21. The number of β-amino-alcohol motifs (C(OH)–C–C–N with tert-alkyl or cyclic N) is 1. The molecule has 1 aromatic rings. The van der Waals surface area contributed by atoms with E-state index in [0.29, 0.717) is 5.56 Å². The second kappa shape index (κ2) is 4.78. The molecule has 1 saturated heterocycles. The molecule has 1 amide bonds. The minimum absolute atomic E-state index is 0.0732. The Morgan fingerprint density at radius 1 is 1.39 bits per heavy atom. The van der Waals surface area contributed by atoms with Crippen molar-refractivity contribution >= 4 is 11.9 Å². The van der Waals surface area contributed by atoms with E-state index in [1.807, 2.05) is 13.0 Å². The molecular formula is C13H15NO4. The Balaban J connectivity index is 2.25. The summed E-state index contributed by atoms with van der Waals surface area (Å²) in [5.74, 6) is -1.42. The van der Waals surface area contributed by atoms with Gasteiger partial charge in [-0.05, 0) is 19.1 Å². The van der Waals surface area contributed by atoms with Crippen LogP contribution in [-0.4, -0.2) is 45.7 Å². The molecule has 96 valence electrons. The van der Waals surface area contributed by atoms with E-state index < -0.39 is 18.1 Å². The number of aliphatic hydroxyl groups excluding tert-OH is 1. The molecule has 0 spiro atoms. The van der Waals surface area contributed by atoms with Gasteiger partial charge in [0.25, 0.3) is 5.91 Å². The first kappa shape index (κ1) is 12.6. The van der Waals surface area contributed by atoms with Crippen molar-refractivity contribution in [3.63, 3.8) is 0 Å². The molecule has 5 heteroatoms. The van der Waals surface area contributed by atoms with E-state index in [1.54, 1.807) is 18.2 Å². The van der Waals surface area contributed by atoms with Crippen LogP contribution in [0.15, 0.2) is 24.3 Å². The molecule has 0 unspecified atom stereocenters. The van der Waals surface area contributed by atoms with Crippen LogP contribution >= 0.6 is 0 Å². The van der Waals surface area contributed by atoms with Gasteiger partial charge in [-0.3, -0.25) is 4.79 Å². The smallest absolute Gasteiger partial charge is 0.326 e. The molecule has 2 rings (SSSR count). The van der Waals surface area contributed by atoms with Crippen molar-refractivity contribution in [1.29, 1.82) is 0 Å². The number of carboxylic acid groups (broad SMARTS) is 1. The number of hydrogen-bond donors (Lipinski definition) is 2. The summed E-state index contributed by atoms with van der Waals surface area (Å²) in [6, 6.07) is 6.05. The fraction of sp³-hybridized carbons (Fsp3) is 0.385. The standard InChI is InChI=1S/C13H15NO4/c1-8-3-2-4-9(5-8)12(16)14-7-10(15)6-11(14)13(17)18/h2-5,10-11,15H,6-7H2,1H3,(H,17,18)/t10-,11-/m0/s1. The van der Waals surface area contributed by atoms with E-state index in [1.165, 1.54) is 4.90 Å². The fourth-order valence-electron chi connectivity index (χ4n) is 2.22. The molecule has 2 N–H and O–H groups in total. The lowest BCUT2D eigenvalue weighted by Gasteiger charge is -2.21. The Kier molecular flexibility index (Phi) is 3.34. The Labute approximate surface area is 105 Å². The molecule has 18 heavy (non-hydrogen) atoms. The summed E-state index contributed by atoms with van der Waals surface area (Å²) in [6.45, 7) is 1.94. The zero-order valence-electron chi connectivity index (χ0n) is 10.0. The molecule has 5 nitrogen and oxygen atoms in total. The number of aliphatic hydroxyl groups is 1. The maximum absolute atomic E-state index is 12.2. The first-order valence-corrected chi connectivity index (χ1v) is 5.77. The van der Waals surface area contributed by atoms with Crippen LogP contribution in [0.4, 0.5) is 0 Å². The number of carbonyl (C=O) groups is 2. The SMILES string of the molecule is Cc1cccc(C(=O)N2C[C@@H](O)C[C@H]2C(=O)O)c1. The van der Waals surface area contributed by atoms with Gasteiger partial charge in [0, 0.05) is 18.5 Å². The highest BCUT2D eigenvalue weighted by molar-refractivity contribution is 5.97. The minimum Gasteiger partial charge on any atom is -0.480 e. The Hall–Kier alpha value is -1.88. The van der Waals surface area contributed by atoms with Crippen molar-refractivity contribution in [3.8, 4) is 0 Å². The topological polar surface area (TPSA) is 77.8 Å². The van der Waals surface area contributed by atoms with Gasteiger partial charge in [0.2, 0.25) is 0 Å². The lowest BCUT2D eigenvalue weighted by Crippen LogP contribution is -2.40. The summed E-state index contributed by atoms with van der Waals surface area (Å²) >= 11 is 0. The number of aliphatic carboxylic acids is 1. The second-order valence-electron chi connectivity index (χ2n) is 4.57. The zero-order valence-corrected chi connectivity index (χ0v) is 10.0. The molecule has 1 aliphatic heterocycles. The van der Waals surface area contributed by atoms with Gasteiger partial charge in [0.15, 0.2) is 0 Å². The number of nitrogens with zero attached hydrogens (tertiary/aromatic N) is 1. The van der Waals surface area contributed by atoms with Crippen LogP contribution in [0.3, 0.4) is 0 Å². The Bertz CT molecular complexity index is 486. The van der Waals surface area contributed by atoms with Crippen molar-refractivity contribution in [2.45, 2.75) is 25.5 Å². The predicted molar refractivity (Wildman–Crippen MR) is 64.3 cm³/mol. The van der Waals surface area contributed by atoms with E-state index in [0.717, 1.165) is 5.56 Å². The van der Waals surface area contributed by atoms with Crippen LogP contribution in [0.25, 0.3) is 0 Å². The van der Waals surface area contributed by atoms with Crippen LogP contribution in [0.5, 0.6) is 0 Å². The first-order valence-electron chi connectivity index (χ1n) is 5.77. The maximum atomic E-state index is 12.2. The van der Waals surface area contributed by atoms with Crippen LogP contribution < -0.4 is 0 Å². The molecule has 0 radical (unpaired) electrons. The Morgan fingerprint density at radius 3 is 2.72 bits per heavy atom. The van der Waals surface area contributed by atoms with Crippen LogP contribution in [-0.2, 0) is 4.79 Å². The molecule has 0 aliphatic carbocycles. The number of amides is 1. The molecule has 1 aromatic carbocycles. The predicted octanol–water partition coefficient (Wildman–Crippen LogP) is 0.655. The summed E-state index contributed by atoms with van der Waals surface area (Å²) in [5, 5.41) is 18.6. The van der Waals surface area contributed by atoms with Gasteiger partial charge < -0.3 is 15.1 Å². The van der Waals surface area contributed by atoms with Crippen LogP contribution in [0.1, 0.15) is 22.3 Å². The van der Waals surface area contributed by atoms with Gasteiger partial charge in [0.05, 0.1) is 6.10 Å². The lowest BCUT2D eigenvalue weighted by atomic mass is 10.1. The van der Waals surface area contributed by atoms with E-state index in [-0.39, 0.29) is 18.9 Å². The highest BCUT2D eigenvalue weighted by Gasteiger charge is 2.39. The van der Waals surface area contributed by atoms with E-state index >= 15 is 0 Å². The molecule has 2 atom stereocenters. The molecular weight excluding hydrogens is 234 g/mol. The number of aryl methyl sites for hydroxylation is 1. The zero-order chi connectivity index (χ0) is 13.3. The fourth-order valence-corrected chi connectivity index (χ4v) is 2.22. The summed E-state index contributed by atoms with van der Waals surface area (Å²) in [6.07, 6.45) is -0.674. The van der Waals surface area contributed by atoms with Gasteiger partial charge in [0.1, 0.15) is 6.04 Å². The first-order chi connectivity index (χ1) is 8.49. The molecule has 1 heterocycles.